The maximum absolute atomic E-state index is 12.6. The Labute approximate surface area is 202 Å². The van der Waals surface area contributed by atoms with Gasteiger partial charge in [-0.25, -0.2) is 0 Å². The van der Waals surface area contributed by atoms with Gasteiger partial charge in [-0.1, -0.05) is 30.5 Å². The van der Waals surface area contributed by atoms with E-state index in [9.17, 15) is 11.3 Å². The van der Waals surface area contributed by atoms with Gasteiger partial charge in [0.1, 0.15) is 5.60 Å². The largest absolute Gasteiger partial charge is 0.378 e. The van der Waals surface area contributed by atoms with E-state index < -0.39 is 35.0 Å². The van der Waals surface area contributed by atoms with Gasteiger partial charge in [0.15, 0.2) is 5.78 Å². The lowest BCUT2D eigenvalue weighted by Gasteiger charge is -2.53. The summed E-state index contributed by atoms with van der Waals surface area (Å²) in [5.74, 6) is 2.94. The molecule has 32 heavy (non-hydrogen) atoms. The molecule has 5 rings (SSSR count). The van der Waals surface area contributed by atoms with E-state index in [2.05, 4.69) is 11.8 Å². The average molecular weight is 437 g/mol. The zero-order valence-electron chi connectivity index (χ0n) is 26.3. The molecule has 0 spiro atoms. The SMILES string of the molecule is [2H]c1c([2H])c(N(C)C)c([2H])c([2H])c1[C@H]1C[C@@]2(C)[C@@H](CC[C@@]2(O)C#CC)[C@]2([2H])CCC3=CC(=O)C([2H])([2H])CC3=C12. The van der Waals surface area contributed by atoms with Crippen molar-refractivity contribution in [1.82, 2.24) is 0 Å². The van der Waals surface area contributed by atoms with E-state index in [1.54, 1.807) is 25.9 Å². The van der Waals surface area contributed by atoms with Gasteiger partial charge in [-0.05, 0) is 92.1 Å². The molecule has 2 fully saturated rings. The van der Waals surface area contributed by atoms with Crippen LogP contribution in [-0.2, 0) is 4.79 Å². The number of aliphatic hydroxyl groups is 1. The van der Waals surface area contributed by atoms with Crippen LogP contribution in [0.5, 0.6) is 0 Å². The molecule has 0 saturated heterocycles. The van der Waals surface area contributed by atoms with Gasteiger partial charge in [-0.15, -0.1) is 5.92 Å². The number of carbonyl (C=O) groups is 1. The smallest absolute Gasteiger partial charge is 0.156 e. The normalized spacial score (nSPS) is 42.8. The van der Waals surface area contributed by atoms with Crippen LogP contribution >= 0.6 is 0 Å². The molecular formula is C29H35NO2. The Hall–Kier alpha value is -2.31. The van der Waals surface area contributed by atoms with Crippen LogP contribution in [-0.4, -0.2) is 30.6 Å². The lowest BCUT2D eigenvalue weighted by atomic mass is 9.51. The molecule has 168 valence electrons. The first kappa shape index (κ1) is 14.8. The average Bonchev–Trinajstić information content (AvgIpc) is 3.09. The summed E-state index contributed by atoms with van der Waals surface area (Å²) >= 11 is 0. The van der Waals surface area contributed by atoms with Crippen molar-refractivity contribution in [2.24, 2.45) is 17.2 Å². The van der Waals surface area contributed by atoms with Gasteiger partial charge >= 0.3 is 0 Å². The minimum Gasteiger partial charge on any atom is -0.378 e. The molecule has 4 aliphatic rings. The van der Waals surface area contributed by atoms with Crippen LogP contribution in [0.2, 0.25) is 0 Å². The number of hydrogen-bond acceptors (Lipinski definition) is 3. The molecule has 0 radical (unpaired) electrons. The molecular weight excluding hydrogens is 394 g/mol. The predicted octanol–water partition coefficient (Wildman–Crippen LogP) is 5.41. The molecule has 0 amide bonds. The van der Waals surface area contributed by atoms with Crippen LogP contribution in [0.1, 0.15) is 79.8 Å². The number of rotatable bonds is 2. The molecule has 0 unspecified atom stereocenters. The monoisotopic (exact) mass is 436 g/mol. The number of fused-ring (bicyclic) bond motifs is 4. The van der Waals surface area contributed by atoms with Crippen molar-refractivity contribution in [3.8, 4) is 11.8 Å². The van der Waals surface area contributed by atoms with Crippen LogP contribution in [0.25, 0.3) is 0 Å². The quantitative estimate of drug-likeness (QED) is 0.631. The van der Waals surface area contributed by atoms with Crippen molar-refractivity contribution in [1.29, 1.82) is 0 Å². The Morgan fingerprint density at radius 2 is 2.00 bits per heavy atom. The van der Waals surface area contributed by atoms with Gasteiger partial charge < -0.3 is 10.0 Å². The van der Waals surface area contributed by atoms with Crippen molar-refractivity contribution in [2.45, 2.75) is 70.3 Å². The topological polar surface area (TPSA) is 40.5 Å². The predicted molar refractivity (Wildman–Crippen MR) is 129 cm³/mol. The Kier molecular flexibility index (Phi) is 3.52. The van der Waals surface area contributed by atoms with Crippen LogP contribution in [0, 0.1) is 29.1 Å². The third kappa shape index (κ3) is 3.11. The number of anilines is 1. The van der Waals surface area contributed by atoms with Crippen LogP contribution < -0.4 is 4.90 Å². The van der Waals surface area contributed by atoms with Gasteiger partial charge in [-0.3, -0.25) is 4.79 Å². The van der Waals surface area contributed by atoms with E-state index in [0.717, 1.165) is 0 Å². The highest BCUT2D eigenvalue weighted by molar-refractivity contribution is 5.93. The highest BCUT2D eigenvalue weighted by atomic mass is 16.3. The summed E-state index contributed by atoms with van der Waals surface area (Å²) in [6, 6.07) is -0.756. The molecule has 1 aromatic carbocycles. The maximum Gasteiger partial charge on any atom is 0.156 e. The first-order chi connectivity index (χ1) is 18.0. The lowest BCUT2D eigenvalue weighted by Crippen LogP contribution is -2.51. The highest BCUT2D eigenvalue weighted by Crippen LogP contribution is 2.66. The van der Waals surface area contributed by atoms with E-state index >= 15 is 0 Å². The second-order valence-corrected chi connectivity index (χ2v) is 9.96. The lowest BCUT2D eigenvalue weighted by molar-refractivity contribution is -0.114. The van der Waals surface area contributed by atoms with Crippen molar-refractivity contribution in [2.75, 3.05) is 19.0 Å². The van der Waals surface area contributed by atoms with Crippen molar-refractivity contribution in [3.05, 3.63) is 52.5 Å². The molecule has 3 heteroatoms. The fraction of sp³-hybridized carbons (Fsp3) is 0.552. The summed E-state index contributed by atoms with van der Waals surface area (Å²) < 4.78 is 62.3. The van der Waals surface area contributed by atoms with Crippen molar-refractivity contribution in [3.63, 3.8) is 0 Å². The number of ketones is 1. The Morgan fingerprint density at radius 3 is 2.69 bits per heavy atom. The van der Waals surface area contributed by atoms with Gasteiger partial charge in [-0.2, -0.15) is 0 Å². The highest BCUT2D eigenvalue weighted by Gasteiger charge is 2.62. The zero-order valence-corrected chi connectivity index (χ0v) is 19.3. The van der Waals surface area contributed by atoms with Crippen molar-refractivity contribution < 1.29 is 19.5 Å². The first-order valence-corrected chi connectivity index (χ1v) is 11.5. The molecule has 1 aromatic rings. The Morgan fingerprint density at radius 1 is 1.25 bits per heavy atom. The summed E-state index contributed by atoms with van der Waals surface area (Å²) in [5.41, 5.74) is -0.0502. The van der Waals surface area contributed by atoms with Gasteiger partial charge in [0, 0.05) is 41.6 Å². The Bertz CT molecular complexity index is 1390. The number of allylic oxidation sites excluding steroid dienone is 4. The van der Waals surface area contributed by atoms with Gasteiger partial charge in [0.2, 0.25) is 0 Å². The molecule has 0 aliphatic heterocycles. The fourth-order valence-corrected chi connectivity index (χ4v) is 6.48. The third-order valence-electron chi connectivity index (χ3n) is 8.13. The summed E-state index contributed by atoms with van der Waals surface area (Å²) in [4.78, 5) is 14.1. The zero-order chi connectivity index (χ0) is 28.9. The molecule has 4 aliphatic carbocycles. The maximum atomic E-state index is 12.6. The Balaban J connectivity index is 1.87. The first-order valence-electron chi connectivity index (χ1n) is 15.0. The second kappa shape index (κ2) is 7.63. The van der Waals surface area contributed by atoms with Crippen LogP contribution in [0.4, 0.5) is 5.69 Å². The third-order valence-corrected chi connectivity index (χ3v) is 8.13. The van der Waals surface area contributed by atoms with Gasteiger partial charge in [0.25, 0.3) is 0 Å². The van der Waals surface area contributed by atoms with Gasteiger partial charge in [0.05, 0.1) is 5.48 Å². The second-order valence-electron chi connectivity index (χ2n) is 9.96. The summed E-state index contributed by atoms with van der Waals surface area (Å²) in [6.07, 6.45) is 0.982. The number of hydrogen-bond donors (Lipinski definition) is 1. The molecule has 0 bridgehead atoms. The summed E-state index contributed by atoms with van der Waals surface area (Å²) in [7, 11) is 3.33. The summed E-state index contributed by atoms with van der Waals surface area (Å²) in [5, 5.41) is 11.9. The number of benzene rings is 1. The number of nitrogens with zero attached hydrogens (tertiary/aromatic N) is 1. The summed E-state index contributed by atoms with van der Waals surface area (Å²) in [6.45, 7) is 3.60. The van der Waals surface area contributed by atoms with Crippen LogP contribution in [0.3, 0.4) is 0 Å². The molecule has 3 nitrogen and oxygen atoms in total. The molecule has 1 N–H and O–H groups in total. The number of carbonyl (C=O) groups excluding carboxylic acids is 1. The van der Waals surface area contributed by atoms with Crippen LogP contribution in [0.15, 0.2) is 47.0 Å². The molecule has 2 saturated carbocycles. The van der Waals surface area contributed by atoms with E-state index in [-0.39, 0.29) is 54.2 Å². The molecule has 5 atom stereocenters. The van der Waals surface area contributed by atoms with E-state index in [1.807, 2.05) is 6.92 Å². The molecule has 0 aromatic heterocycles. The standard InChI is InChI=1S/C29H35NO2/c1-5-15-29(32)16-14-26-24-12-8-20-17-22(31)11-13-23(20)27(24)25(18-28(26,29)2)19-6-9-21(10-7-19)30(3)4/h6-7,9-10,17,24-26,32H,8,11-14,16,18H2,1-4H3/t24-,25+,26-,28-,29-/m0/s1/i6D,7D,9D,10D,11D2,24D. The van der Waals surface area contributed by atoms with E-state index in [4.69, 9.17) is 8.22 Å². The van der Waals surface area contributed by atoms with Crippen molar-refractivity contribution >= 4 is 11.5 Å². The van der Waals surface area contributed by atoms with E-state index in [1.165, 1.54) is 6.08 Å². The van der Waals surface area contributed by atoms with E-state index in [0.29, 0.717) is 42.4 Å². The minimum atomic E-state index is -2.14. The minimum absolute atomic E-state index is 0.159. The molecule has 0 heterocycles. The fourth-order valence-electron chi connectivity index (χ4n) is 6.48.